The first-order valence-electron chi connectivity index (χ1n) is 9.15. The number of fused-ring (bicyclic) bond motifs is 5. The van der Waals surface area contributed by atoms with E-state index in [1.807, 2.05) is 30.3 Å². The van der Waals surface area contributed by atoms with E-state index < -0.39 is 46.4 Å². The quantitative estimate of drug-likeness (QED) is 0.373. The fourth-order valence-electron chi connectivity index (χ4n) is 4.72. The van der Waals surface area contributed by atoms with Crippen molar-refractivity contribution in [3.63, 3.8) is 0 Å². The van der Waals surface area contributed by atoms with Crippen LogP contribution in [-0.2, 0) is 9.59 Å². The summed E-state index contributed by atoms with van der Waals surface area (Å²) in [6.07, 6.45) is 3.59. The highest BCUT2D eigenvalue weighted by Crippen LogP contribution is 2.51. The van der Waals surface area contributed by atoms with E-state index in [1.54, 1.807) is 11.1 Å². The van der Waals surface area contributed by atoms with Crippen molar-refractivity contribution in [1.29, 1.82) is 0 Å². The minimum atomic E-state index is -0.914. The maximum atomic E-state index is 13.4. The van der Waals surface area contributed by atoms with Gasteiger partial charge in [0.2, 0.25) is 11.8 Å². The van der Waals surface area contributed by atoms with E-state index in [4.69, 9.17) is 0 Å². The number of imide groups is 1. The van der Waals surface area contributed by atoms with Gasteiger partial charge in [-0.05, 0) is 17.2 Å². The molecule has 2 saturated heterocycles. The van der Waals surface area contributed by atoms with Crippen LogP contribution in [-0.4, -0.2) is 33.5 Å². The molecule has 3 aliphatic rings. The number of hydrogen-bond acceptors (Lipinski definition) is 6. The number of Topliss-reactive ketones (excluding diaryl/α,β-unsaturated/α-hetero) is 1. The smallest absolute Gasteiger partial charge is 0.270 e. The number of carbonyl (C=O) groups excluding carboxylic acids is 3. The van der Waals surface area contributed by atoms with E-state index in [1.165, 1.54) is 24.3 Å². The molecular formula is C21H15N3O5. The number of benzene rings is 2. The van der Waals surface area contributed by atoms with Crippen molar-refractivity contribution in [2.24, 2.45) is 11.8 Å². The molecule has 8 nitrogen and oxygen atoms in total. The van der Waals surface area contributed by atoms with Crippen LogP contribution in [0.5, 0.6) is 0 Å². The largest absolute Gasteiger partial charge is 0.358 e. The number of nitro groups is 1. The Bertz CT molecular complexity index is 1120. The summed E-state index contributed by atoms with van der Waals surface area (Å²) in [5.41, 5.74) is 1.75. The number of rotatable bonds is 3. The molecule has 0 bridgehead atoms. The van der Waals surface area contributed by atoms with Gasteiger partial charge in [-0.3, -0.25) is 29.8 Å². The number of nitro benzene ring substituents is 1. The van der Waals surface area contributed by atoms with Gasteiger partial charge in [0.1, 0.15) is 6.04 Å². The lowest BCUT2D eigenvalue weighted by molar-refractivity contribution is -0.384. The first-order valence-corrected chi connectivity index (χ1v) is 9.15. The molecule has 3 heterocycles. The molecule has 3 aliphatic heterocycles. The Balaban J connectivity index is 1.63. The summed E-state index contributed by atoms with van der Waals surface area (Å²) < 4.78 is 0. The Morgan fingerprint density at radius 1 is 1.03 bits per heavy atom. The molecule has 1 N–H and O–H groups in total. The maximum absolute atomic E-state index is 13.4. The van der Waals surface area contributed by atoms with Crippen molar-refractivity contribution in [2.75, 3.05) is 0 Å². The molecule has 2 fully saturated rings. The van der Waals surface area contributed by atoms with Gasteiger partial charge in [-0.15, -0.1) is 0 Å². The molecule has 0 radical (unpaired) electrons. The Morgan fingerprint density at radius 3 is 2.59 bits per heavy atom. The average molecular weight is 389 g/mol. The zero-order valence-electron chi connectivity index (χ0n) is 15.0. The van der Waals surface area contributed by atoms with Crippen molar-refractivity contribution < 1.29 is 19.3 Å². The van der Waals surface area contributed by atoms with Gasteiger partial charge in [0.05, 0.1) is 22.8 Å². The van der Waals surface area contributed by atoms with Gasteiger partial charge in [0.25, 0.3) is 5.69 Å². The molecule has 0 unspecified atom stereocenters. The van der Waals surface area contributed by atoms with Gasteiger partial charge >= 0.3 is 0 Å². The molecule has 2 amide bonds. The highest BCUT2D eigenvalue weighted by Gasteiger charge is 2.61. The molecule has 144 valence electrons. The molecule has 8 heteroatoms. The van der Waals surface area contributed by atoms with E-state index in [0.29, 0.717) is 0 Å². The average Bonchev–Trinajstić information content (AvgIpc) is 3.22. The fraction of sp³-hybridized carbons (Fsp3) is 0.190. The van der Waals surface area contributed by atoms with E-state index in [2.05, 4.69) is 5.32 Å². The fourth-order valence-corrected chi connectivity index (χ4v) is 4.72. The number of nitrogens with one attached hydrogen (secondary N) is 1. The molecular weight excluding hydrogens is 374 g/mol. The summed E-state index contributed by atoms with van der Waals surface area (Å²) in [6.45, 7) is 0. The minimum absolute atomic E-state index is 0.142. The second kappa shape index (κ2) is 6.10. The molecule has 29 heavy (non-hydrogen) atoms. The Hall–Kier alpha value is -3.81. The normalized spacial score (nSPS) is 26.6. The van der Waals surface area contributed by atoms with Crippen molar-refractivity contribution in [2.45, 2.75) is 12.1 Å². The van der Waals surface area contributed by atoms with Crippen LogP contribution in [0.1, 0.15) is 27.5 Å². The van der Waals surface area contributed by atoms with E-state index in [0.717, 1.165) is 11.1 Å². The number of ketones is 1. The predicted molar refractivity (Wildman–Crippen MR) is 101 cm³/mol. The number of carbonyl (C=O) groups is 3. The van der Waals surface area contributed by atoms with Gasteiger partial charge in [-0.2, -0.15) is 0 Å². The third-order valence-electron chi connectivity index (χ3n) is 5.91. The predicted octanol–water partition coefficient (Wildman–Crippen LogP) is 2.08. The van der Waals surface area contributed by atoms with Crippen LogP contribution in [0.2, 0.25) is 0 Å². The van der Waals surface area contributed by atoms with E-state index >= 15 is 0 Å². The van der Waals surface area contributed by atoms with Crippen molar-refractivity contribution >= 4 is 29.4 Å². The van der Waals surface area contributed by atoms with Crippen molar-refractivity contribution in [3.05, 3.63) is 81.5 Å². The Morgan fingerprint density at radius 2 is 1.79 bits per heavy atom. The van der Waals surface area contributed by atoms with Crippen LogP contribution in [0, 0.1) is 22.0 Å². The zero-order chi connectivity index (χ0) is 20.3. The summed E-state index contributed by atoms with van der Waals surface area (Å²) in [5.74, 6) is -2.84. The van der Waals surface area contributed by atoms with Gasteiger partial charge in [0, 0.05) is 23.9 Å². The zero-order valence-corrected chi connectivity index (χ0v) is 15.0. The van der Waals surface area contributed by atoms with Crippen LogP contribution in [0.25, 0.3) is 6.08 Å². The van der Waals surface area contributed by atoms with E-state index in [9.17, 15) is 24.5 Å². The van der Waals surface area contributed by atoms with Crippen LogP contribution in [0.3, 0.4) is 0 Å². The topological polar surface area (TPSA) is 110 Å². The van der Waals surface area contributed by atoms with Gasteiger partial charge in [0.15, 0.2) is 5.78 Å². The van der Waals surface area contributed by atoms with Gasteiger partial charge in [-0.25, -0.2) is 0 Å². The number of amides is 2. The molecule has 2 aromatic carbocycles. The van der Waals surface area contributed by atoms with Crippen molar-refractivity contribution in [1.82, 2.24) is 10.2 Å². The lowest BCUT2D eigenvalue weighted by Gasteiger charge is -2.34. The second-order valence-electron chi connectivity index (χ2n) is 7.36. The second-order valence-corrected chi connectivity index (χ2v) is 7.36. The summed E-state index contributed by atoms with van der Waals surface area (Å²) in [4.78, 5) is 50.9. The third kappa shape index (κ3) is 2.42. The SMILES string of the molecule is O=C1NC(=O)[C@H]2[C@@H]1[C@@H](C(=O)c1cccc([N+](=O)[O-])c1)N1C=Cc3ccccc3[C@H]21. The molecule has 4 atom stereocenters. The van der Waals surface area contributed by atoms with Crippen LogP contribution < -0.4 is 5.32 Å². The number of nitrogens with zero attached hydrogens (tertiary/aromatic N) is 2. The molecule has 0 spiro atoms. The molecule has 5 rings (SSSR count). The van der Waals surface area contributed by atoms with Crippen LogP contribution >= 0.6 is 0 Å². The first kappa shape index (κ1) is 17.3. The monoisotopic (exact) mass is 389 g/mol. The third-order valence-corrected chi connectivity index (χ3v) is 5.91. The molecule has 0 aliphatic carbocycles. The maximum Gasteiger partial charge on any atom is 0.270 e. The van der Waals surface area contributed by atoms with Gasteiger partial charge in [-0.1, -0.05) is 36.4 Å². The van der Waals surface area contributed by atoms with Crippen LogP contribution in [0.4, 0.5) is 5.69 Å². The summed E-state index contributed by atoms with van der Waals surface area (Å²) in [7, 11) is 0. The van der Waals surface area contributed by atoms with Crippen LogP contribution in [0.15, 0.2) is 54.7 Å². The van der Waals surface area contributed by atoms with Gasteiger partial charge < -0.3 is 4.90 Å². The lowest BCUT2D eigenvalue weighted by Crippen LogP contribution is -2.42. The summed E-state index contributed by atoms with van der Waals surface area (Å²) in [5, 5.41) is 13.5. The highest BCUT2D eigenvalue weighted by atomic mass is 16.6. The molecule has 0 aromatic heterocycles. The summed E-state index contributed by atoms with van der Waals surface area (Å²) in [6, 6.07) is 11.6. The Kier molecular flexibility index (Phi) is 3.64. The Labute approximate surface area is 165 Å². The lowest BCUT2D eigenvalue weighted by atomic mass is 9.83. The first-order chi connectivity index (χ1) is 14.0. The van der Waals surface area contributed by atoms with E-state index in [-0.39, 0.29) is 11.3 Å². The molecule has 0 saturated carbocycles. The number of hydrogen-bond donors (Lipinski definition) is 1. The highest BCUT2D eigenvalue weighted by molar-refractivity contribution is 6.12. The number of non-ortho nitro benzene ring substituents is 1. The minimum Gasteiger partial charge on any atom is -0.358 e. The molecule has 2 aromatic rings. The summed E-state index contributed by atoms with van der Waals surface area (Å²) >= 11 is 0. The standard InChI is InChI=1S/C21H15N3O5/c25-19(12-5-3-6-13(10-12)24(28)29)18-16-15(20(26)22-21(16)27)17-14-7-2-1-4-11(14)8-9-23(17)18/h1-10,15-18H,(H,22,26,27)/t15-,16+,17+,18-/m0/s1. The van der Waals surface area contributed by atoms with Crippen molar-refractivity contribution in [3.8, 4) is 0 Å².